The number of ether oxygens (including phenoxy) is 2. The van der Waals surface area contributed by atoms with Gasteiger partial charge in [-0.15, -0.1) is 0 Å². The van der Waals surface area contributed by atoms with Gasteiger partial charge in [0.25, 0.3) is 0 Å². The summed E-state index contributed by atoms with van der Waals surface area (Å²) in [6, 6.07) is 6.82. The van der Waals surface area contributed by atoms with Gasteiger partial charge in [-0.3, -0.25) is 24.6 Å². The minimum Gasteiger partial charge on any atom is -0.496 e. The summed E-state index contributed by atoms with van der Waals surface area (Å²) < 4.78 is 10.5. The molecule has 8 heteroatoms. The van der Waals surface area contributed by atoms with Crippen LogP contribution in [0.1, 0.15) is 18.0 Å². The maximum atomic E-state index is 12.9. The Morgan fingerprint density at radius 3 is 2.59 bits per heavy atom. The SMILES string of the molecule is COC(=O)[C@]1(CCSC)N[C@@H](c2ccccc2OC)[C@@H]2C(=O)N(C)C(=O)[C@H]21. The molecule has 0 aromatic heterocycles. The van der Waals surface area contributed by atoms with Crippen LogP contribution in [0.4, 0.5) is 0 Å². The lowest BCUT2D eigenvalue weighted by Crippen LogP contribution is -2.56. The predicted octanol–water partition coefficient (Wildman–Crippen LogP) is 1.24. The second kappa shape index (κ2) is 7.52. The number of fused-ring (bicyclic) bond motifs is 1. The van der Waals surface area contributed by atoms with Crippen molar-refractivity contribution in [3.05, 3.63) is 29.8 Å². The van der Waals surface area contributed by atoms with Crippen LogP contribution in [0, 0.1) is 11.8 Å². The zero-order valence-electron chi connectivity index (χ0n) is 15.9. The molecule has 2 aliphatic rings. The molecule has 7 nitrogen and oxygen atoms in total. The van der Waals surface area contributed by atoms with Gasteiger partial charge in [-0.05, 0) is 24.5 Å². The second-order valence-corrected chi connectivity index (χ2v) is 7.79. The first-order valence-corrected chi connectivity index (χ1v) is 10.1. The number of nitrogens with one attached hydrogen (secondary N) is 1. The molecule has 0 radical (unpaired) electrons. The molecule has 0 bridgehead atoms. The molecular weight excluding hydrogens is 368 g/mol. The van der Waals surface area contributed by atoms with Crippen LogP contribution in [0.15, 0.2) is 24.3 Å². The van der Waals surface area contributed by atoms with Gasteiger partial charge in [0.1, 0.15) is 11.3 Å². The largest absolute Gasteiger partial charge is 0.496 e. The minimum absolute atomic E-state index is 0.289. The molecular formula is C19H24N2O5S. The lowest BCUT2D eigenvalue weighted by Gasteiger charge is -2.32. The van der Waals surface area contributed by atoms with Gasteiger partial charge < -0.3 is 9.47 Å². The van der Waals surface area contributed by atoms with Crippen molar-refractivity contribution in [3.63, 3.8) is 0 Å². The number of nitrogens with zero attached hydrogens (tertiary/aromatic N) is 1. The highest BCUT2D eigenvalue weighted by Crippen LogP contribution is 2.51. The van der Waals surface area contributed by atoms with E-state index in [2.05, 4.69) is 5.32 Å². The van der Waals surface area contributed by atoms with E-state index in [0.29, 0.717) is 17.9 Å². The number of carbonyl (C=O) groups excluding carboxylic acids is 3. The van der Waals surface area contributed by atoms with Gasteiger partial charge in [-0.1, -0.05) is 18.2 Å². The molecule has 1 N–H and O–H groups in total. The predicted molar refractivity (Wildman–Crippen MR) is 101 cm³/mol. The number of likely N-dealkylation sites (tertiary alicyclic amines) is 1. The molecule has 0 unspecified atom stereocenters. The third kappa shape index (κ3) is 2.91. The van der Waals surface area contributed by atoms with Gasteiger partial charge in [0.2, 0.25) is 11.8 Å². The quantitative estimate of drug-likeness (QED) is 0.576. The molecule has 2 amide bonds. The molecule has 0 aliphatic carbocycles. The van der Waals surface area contributed by atoms with Crippen LogP contribution >= 0.6 is 11.8 Å². The van der Waals surface area contributed by atoms with E-state index in [4.69, 9.17) is 9.47 Å². The summed E-state index contributed by atoms with van der Waals surface area (Å²) in [6.07, 6.45) is 2.32. The highest BCUT2D eigenvalue weighted by Gasteiger charge is 2.68. The second-order valence-electron chi connectivity index (χ2n) is 6.81. The molecule has 1 aromatic rings. The minimum atomic E-state index is -1.24. The fourth-order valence-corrected chi connectivity index (χ4v) is 4.83. The Morgan fingerprint density at radius 1 is 1.26 bits per heavy atom. The standard InChI is InChI=1S/C19H24N2O5S/c1-21-16(22)13-14(17(21)23)19(9-10-27-4,18(24)26-3)20-15(13)11-7-5-6-8-12(11)25-2/h5-8,13-15,20H,9-10H2,1-4H3/t13-,14+,15+,19-/m1/s1. The van der Waals surface area contributed by atoms with Crippen molar-refractivity contribution in [3.8, 4) is 5.75 Å². The average Bonchev–Trinajstić information content (AvgIpc) is 3.15. The normalized spacial score (nSPS) is 29.8. The van der Waals surface area contributed by atoms with Gasteiger partial charge in [0.05, 0.1) is 26.1 Å². The number of thioether (sulfide) groups is 1. The highest BCUT2D eigenvalue weighted by molar-refractivity contribution is 7.98. The molecule has 2 aliphatic heterocycles. The number of para-hydroxylation sites is 1. The van der Waals surface area contributed by atoms with Crippen LogP contribution in [0.2, 0.25) is 0 Å². The van der Waals surface area contributed by atoms with Crippen LogP contribution in [0.3, 0.4) is 0 Å². The number of esters is 1. The third-order valence-corrected chi connectivity index (χ3v) is 6.21. The molecule has 2 saturated heterocycles. The number of carbonyl (C=O) groups is 3. The molecule has 2 heterocycles. The molecule has 146 valence electrons. The fraction of sp³-hybridized carbons (Fsp3) is 0.526. The molecule has 0 saturated carbocycles. The first-order chi connectivity index (χ1) is 12.9. The van der Waals surface area contributed by atoms with E-state index in [9.17, 15) is 14.4 Å². The molecule has 4 atom stereocenters. The smallest absolute Gasteiger partial charge is 0.326 e. The van der Waals surface area contributed by atoms with Crippen molar-refractivity contribution in [2.45, 2.75) is 18.0 Å². The Morgan fingerprint density at radius 2 is 1.96 bits per heavy atom. The van der Waals surface area contributed by atoms with E-state index in [1.54, 1.807) is 24.9 Å². The number of imide groups is 1. The Kier molecular flexibility index (Phi) is 5.48. The van der Waals surface area contributed by atoms with Crippen LogP contribution in [-0.4, -0.2) is 61.5 Å². The molecule has 27 heavy (non-hydrogen) atoms. The van der Waals surface area contributed by atoms with Crippen LogP contribution in [-0.2, 0) is 19.1 Å². The Balaban J connectivity index is 2.16. The van der Waals surface area contributed by atoms with E-state index in [0.717, 1.165) is 10.5 Å². The van der Waals surface area contributed by atoms with Crippen molar-refractivity contribution < 1.29 is 23.9 Å². The summed E-state index contributed by atoms with van der Waals surface area (Å²) in [5, 5.41) is 3.33. The van der Waals surface area contributed by atoms with Crippen molar-refractivity contribution in [2.24, 2.45) is 11.8 Å². The summed E-state index contributed by atoms with van der Waals surface area (Å²) in [7, 11) is 4.33. The zero-order valence-corrected chi connectivity index (χ0v) is 16.7. The number of benzene rings is 1. The van der Waals surface area contributed by atoms with Crippen molar-refractivity contribution in [1.29, 1.82) is 0 Å². The maximum absolute atomic E-state index is 12.9. The number of hydrogen-bond donors (Lipinski definition) is 1. The van der Waals surface area contributed by atoms with Gasteiger partial charge in [-0.25, -0.2) is 0 Å². The van der Waals surface area contributed by atoms with E-state index in [1.165, 1.54) is 14.2 Å². The van der Waals surface area contributed by atoms with Gasteiger partial charge in [0, 0.05) is 18.7 Å². The van der Waals surface area contributed by atoms with E-state index in [1.807, 2.05) is 24.5 Å². The van der Waals surface area contributed by atoms with E-state index < -0.39 is 29.4 Å². The number of hydrogen-bond acceptors (Lipinski definition) is 7. The lowest BCUT2D eigenvalue weighted by molar-refractivity contribution is -0.154. The number of methoxy groups -OCH3 is 2. The first kappa shape index (κ1) is 19.7. The summed E-state index contributed by atoms with van der Waals surface area (Å²) in [6.45, 7) is 0. The van der Waals surface area contributed by atoms with E-state index in [-0.39, 0.29) is 11.8 Å². The molecule has 0 spiro atoms. The van der Waals surface area contributed by atoms with Crippen LogP contribution < -0.4 is 10.1 Å². The Labute approximate surface area is 162 Å². The lowest BCUT2D eigenvalue weighted by atomic mass is 9.77. The van der Waals surface area contributed by atoms with Gasteiger partial charge in [-0.2, -0.15) is 11.8 Å². The maximum Gasteiger partial charge on any atom is 0.326 e. The first-order valence-electron chi connectivity index (χ1n) is 8.72. The van der Waals surface area contributed by atoms with E-state index >= 15 is 0 Å². The summed E-state index contributed by atoms with van der Waals surface area (Å²) >= 11 is 1.57. The zero-order chi connectivity index (χ0) is 19.8. The Hall–Kier alpha value is -2.06. The topological polar surface area (TPSA) is 84.9 Å². The van der Waals surface area contributed by atoms with Crippen molar-refractivity contribution >= 4 is 29.5 Å². The average molecular weight is 392 g/mol. The highest BCUT2D eigenvalue weighted by atomic mass is 32.2. The fourth-order valence-electron chi connectivity index (χ4n) is 4.30. The van der Waals surface area contributed by atoms with Crippen LogP contribution in [0.5, 0.6) is 5.75 Å². The number of amides is 2. The molecule has 2 fully saturated rings. The molecule has 3 rings (SSSR count). The van der Waals surface area contributed by atoms with Gasteiger partial charge >= 0.3 is 5.97 Å². The monoisotopic (exact) mass is 392 g/mol. The third-order valence-electron chi connectivity index (χ3n) is 5.60. The number of rotatable bonds is 6. The summed E-state index contributed by atoms with van der Waals surface area (Å²) in [4.78, 5) is 39.9. The Bertz CT molecular complexity index is 770. The van der Waals surface area contributed by atoms with Gasteiger partial charge in [0.15, 0.2) is 0 Å². The van der Waals surface area contributed by atoms with Crippen molar-refractivity contribution in [2.75, 3.05) is 33.3 Å². The van der Waals surface area contributed by atoms with Crippen LogP contribution in [0.25, 0.3) is 0 Å². The van der Waals surface area contributed by atoms with Crippen molar-refractivity contribution in [1.82, 2.24) is 10.2 Å². The molecule has 1 aromatic carbocycles. The summed E-state index contributed by atoms with van der Waals surface area (Å²) in [5.41, 5.74) is -0.493. The summed E-state index contributed by atoms with van der Waals surface area (Å²) in [5.74, 6) is -1.38.